The Hall–Kier alpha value is -1.51. The fourth-order valence-corrected chi connectivity index (χ4v) is 3.41. The van der Waals surface area contributed by atoms with Gasteiger partial charge in [-0.25, -0.2) is 0 Å². The minimum absolute atomic E-state index is 0.287. The molecule has 0 N–H and O–H groups in total. The normalized spacial score (nSPS) is 36.4. The molecule has 0 aromatic heterocycles. The van der Waals surface area contributed by atoms with Crippen molar-refractivity contribution in [1.29, 1.82) is 0 Å². The predicted molar refractivity (Wildman–Crippen MR) is 92.3 cm³/mol. The molecule has 7 nitrogen and oxygen atoms in total. The van der Waals surface area contributed by atoms with Crippen LogP contribution in [0.4, 0.5) is 0 Å². The second kappa shape index (κ2) is 6.58. The van der Waals surface area contributed by atoms with Crippen LogP contribution in [0.1, 0.15) is 33.3 Å². The summed E-state index contributed by atoms with van der Waals surface area (Å²) in [5, 5.41) is 4.35. The van der Waals surface area contributed by atoms with Gasteiger partial charge in [0.2, 0.25) is 0 Å². The Kier molecular flexibility index (Phi) is 4.53. The summed E-state index contributed by atoms with van der Waals surface area (Å²) in [5.74, 6) is -1.38. The number of hydrogen-bond acceptors (Lipinski definition) is 7. The van der Waals surface area contributed by atoms with E-state index in [4.69, 9.17) is 28.5 Å². The Morgan fingerprint density at radius 1 is 1.00 bits per heavy atom. The van der Waals surface area contributed by atoms with Gasteiger partial charge < -0.3 is 28.5 Å². The second-order valence-corrected chi connectivity index (χ2v) is 7.62. The minimum atomic E-state index is -0.729. The van der Waals surface area contributed by atoms with Crippen LogP contribution in [-0.4, -0.2) is 48.5 Å². The molecule has 3 fully saturated rings. The molecule has 0 radical (unpaired) electrons. The fourth-order valence-electron chi connectivity index (χ4n) is 3.41. The van der Waals surface area contributed by atoms with E-state index in [1.54, 1.807) is 0 Å². The van der Waals surface area contributed by atoms with Crippen LogP contribution in [0.5, 0.6) is 0 Å². The van der Waals surface area contributed by atoms with Crippen molar-refractivity contribution >= 4 is 5.71 Å². The summed E-state index contributed by atoms with van der Waals surface area (Å²) in [4.78, 5) is 5.60. The van der Waals surface area contributed by atoms with Crippen LogP contribution in [0.15, 0.2) is 35.5 Å². The highest BCUT2D eigenvalue weighted by atomic mass is 16.8. The van der Waals surface area contributed by atoms with Crippen LogP contribution < -0.4 is 0 Å². The molecule has 0 spiro atoms. The number of benzene rings is 1. The molecule has 142 valence electrons. The molecule has 7 heteroatoms. The molecule has 0 unspecified atom stereocenters. The predicted octanol–water partition coefficient (Wildman–Crippen LogP) is 2.59. The quantitative estimate of drug-likeness (QED) is 0.766. The van der Waals surface area contributed by atoms with Crippen LogP contribution in [0.2, 0.25) is 0 Å². The van der Waals surface area contributed by atoms with Crippen LogP contribution in [0.3, 0.4) is 0 Å². The summed E-state index contributed by atoms with van der Waals surface area (Å²) in [6.07, 6.45) is -1.66. The smallest absolute Gasteiger partial charge is 0.193 e. The first-order valence-electron chi connectivity index (χ1n) is 8.90. The summed E-state index contributed by atoms with van der Waals surface area (Å²) < 4.78 is 29.5. The van der Waals surface area contributed by atoms with E-state index in [0.29, 0.717) is 18.9 Å². The molecule has 0 bridgehead atoms. The monoisotopic (exact) mass is 363 g/mol. The number of nitrogens with zero attached hydrogens (tertiary/aromatic N) is 1. The zero-order valence-corrected chi connectivity index (χ0v) is 15.5. The molecule has 4 rings (SSSR count). The summed E-state index contributed by atoms with van der Waals surface area (Å²) >= 11 is 0. The highest BCUT2D eigenvalue weighted by molar-refractivity contribution is 5.95. The number of fused-ring (bicyclic) bond motifs is 1. The van der Waals surface area contributed by atoms with Crippen molar-refractivity contribution in [3.63, 3.8) is 0 Å². The van der Waals surface area contributed by atoms with Crippen LogP contribution in [0.25, 0.3) is 0 Å². The second-order valence-electron chi connectivity index (χ2n) is 7.62. The van der Waals surface area contributed by atoms with E-state index in [-0.39, 0.29) is 6.10 Å². The van der Waals surface area contributed by atoms with Gasteiger partial charge in [-0.3, -0.25) is 0 Å². The first kappa shape index (κ1) is 17.9. The van der Waals surface area contributed by atoms with Crippen molar-refractivity contribution in [3.05, 3.63) is 35.9 Å². The Morgan fingerprint density at radius 2 is 1.77 bits per heavy atom. The number of ether oxygens (including phenoxy) is 5. The first-order chi connectivity index (χ1) is 12.3. The van der Waals surface area contributed by atoms with Crippen molar-refractivity contribution in [2.45, 2.75) is 70.5 Å². The average molecular weight is 363 g/mol. The largest absolute Gasteiger partial charge is 0.391 e. The van der Waals surface area contributed by atoms with Crippen LogP contribution >= 0.6 is 0 Å². The number of rotatable bonds is 4. The molecule has 26 heavy (non-hydrogen) atoms. The van der Waals surface area contributed by atoms with E-state index in [0.717, 1.165) is 5.56 Å². The van der Waals surface area contributed by atoms with E-state index in [1.165, 1.54) is 0 Å². The third kappa shape index (κ3) is 3.63. The highest BCUT2D eigenvalue weighted by Crippen LogP contribution is 2.39. The van der Waals surface area contributed by atoms with Crippen molar-refractivity contribution in [1.82, 2.24) is 0 Å². The molecule has 0 saturated carbocycles. The van der Waals surface area contributed by atoms with Gasteiger partial charge in [-0.2, -0.15) is 0 Å². The van der Waals surface area contributed by atoms with Gasteiger partial charge in [-0.05, 0) is 33.3 Å². The fraction of sp³-hybridized carbons (Fsp3) is 0.632. The van der Waals surface area contributed by atoms with E-state index >= 15 is 0 Å². The first-order valence-corrected chi connectivity index (χ1v) is 8.90. The summed E-state index contributed by atoms with van der Waals surface area (Å²) in [5.41, 5.74) is 1.68. The zero-order chi connectivity index (χ0) is 18.4. The van der Waals surface area contributed by atoms with Gasteiger partial charge >= 0.3 is 0 Å². The molecule has 0 aliphatic carbocycles. The molecule has 3 aliphatic rings. The Bertz CT molecular complexity index is 674. The molecular weight excluding hydrogens is 338 g/mol. The van der Waals surface area contributed by atoms with Crippen molar-refractivity contribution < 1.29 is 28.5 Å². The standard InChI is InChI=1S/C19H25NO6/c1-18(2)21-11-13(24-18)15-14(16-17(23-15)26-19(3,4)25-16)20-22-10-12-8-6-5-7-9-12/h5-9,13,15-17H,10-11H2,1-4H3/b20-14-/t13-,15-,16-,17-/m1/s1. The molecule has 4 atom stereocenters. The average Bonchev–Trinajstić information content (AvgIpc) is 3.18. The lowest BCUT2D eigenvalue weighted by Gasteiger charge is -2.24. The molecular formula is C19H25NO6. The Balaban J connectivity index is 1.51. The summed E-state index contributed by atoms with van der Waals surface area (Å²) in [6, 6.07) is 9.86. The van der Waals surface area contributed by atoms with Crippen LogP contribution in [-0.2, 0) is 35.1 Å². The highest BCUT2D eigenvalue weighted by Gasteiger charge is 2.57. The molecule has 1 aromatic carbocycles. The molecule has 3 aliphatic heterocycles. The summed E-state index contributed by atoms with van der Waals surface area (Å²) in [6.45, 7) is 8.24. The van der Waals surface area contributed by atoms with Gasteiger partial charge in [0.1, 0.15) is 24.5 Å². The van der Waals surface area contributed by atoms with Gasteiger partial charge in [0.15, 0.2) is 24.0 Å². The van der Waals surface area contributed by atoms with E-state index < -0.39 is 30.1 Å². The SMILES string of the molecule is CC1(C)O[C@H]2O[C@H]([C@H]3COC(C)(C)O3)/C(=N/OCc3ccccc3)[C@H]2O1. The van der Waals surface area contributed by atoms with Gasteiger partial charge in [-0.15, -0.1) is 0 Å². The topological polar surface area (TPSA) is 67.7 Å². The van der Waals surface area contributed by atoms with Crippen molar-refractivity contribution in [3.8, 4) is 0 Å². The molecule has 3 saturated heterocycles. The van der Waals surface area contributed by atoms with Gasteiger partial charge in [0, 0.05) is 0 Å². The Morgan fingerprint density at radius 3 is 2.46 bits per heavy atom. The number of hydrogen-bond donors (Lipinski definition) is 0. The maximum atomic E-state index is 6.05. The summed E-state index contributed by atoms with van der Waals surface area (Å²) in [7, 11) is 0. The third-order valence-electron chi connectivity index (χ3n) is 4.53. The van der Waals surface area contributed by atoms with Gasteiger partial charge in [0.05, 0.1) is 6.61 Å². The maximum Gasteiger partial charge on any atom is 0.193 e. The lowest BCUT2D eigenvalue weighted by atomic mass is 10.1. The van der Waals surface area contributed by atoms with Gasteiger partial charge in [0.25, 0.3) is 0 Å². The third-order valence-corrected chi connectivity index (χ3v) is 4.53. The van der Waals surface area contributed by atoms with E-state index in [2.05, 4.69) is 5.16 Å². The van der Waals surface area contributed by atoms with Crippen molar-refractivity contribution in [2.24, 2.45) is 5.16 Å². The lowest BCUT2D eigenvalue weighted by molar-refractivity contribution is -0.211. The Labute approximate surface area is 153 Å². The number of oxime groups is 1. The molecule has 0 amide bonds. The minimum Gasteiger partial charge on any atom is -0.391 e. The molecule has 1 aromatic rings. The van der Waals surface area contributed by atoms with Crippen molar-refractivity contribution in [2.75, 3.05) is 6.61 Å². The van der Waals surface area contributed by atoms with Crippen LogP contribution in [0, 0.1) is 0 Å². The lowest BCUT2D eigenvalue weighted by Crippen LogP contribution is -2.39. The zero-order valence-electron chi connectivity index (χ0n) is 15.5. The van der Waals surface area contributed by atoms with Gasteiger partial charge in [-0.1, -0.05) is 35.5 Å². The maximum absolute atomic E-state index is 6.05. The van der Waals surface area contributed by atoms with E-state index in [1.807, 2.05) is 58.0 Å². The van der Waals surface area contributed by atoms with E-state index in [9.17, 15) is 0 Å². The molecule has 3 heterocycles.